The van der Waals surface area contributed by atoms with Crippen molar-refractivity contribution in [2.75, 3.05) is 11.9 Å². The smallest absolute Gasteiger partial charge is 0.257 e. The third kappa shape index (κ3) is 6.15. The van der Waals surface area contributed by atoms with Gasteiger partial charge in [-0.2, -0.15) is 0 Å². The minimum atomic E-state index is -1.00. The second-order valence-electron chi connectivity index (χ2n) is 8.93. The molecule has 5 nitrogen and oxygen atoms in total. The van der Waals surface area contributed by atoms with Crippen LogP contribution in [0.25, 0.3) is 0 Å². The summed E-state index contributed by atoms with van der Waals surface area (Å²) >= 11 is 0. The highest BCUT2D eigenvalue weighted by atomic mass is 19.2. The molecule has 0 bridgehead atoms. The molecule has 4 rings (SSSR count). The van der Waals surface area contributed by atoms with E-state index in [1.54, 1.807) is 6.21 Å². The number of amides is 1. The van der Waals surface area contributed by atoms with Gasteiger partial charge < -0.3 is 14.7 Å². The Bertz CT molecular complexity index is 1170. The molecule has 1 fully saturated rings. The number of hydrogen-bond acceptors (Lipinski definition) is 3. The van der Waals surface area contributed by atoms with Gasteiger partial charge in [0.25, 0.3) is 5.91 Å². The summed E-state index contributed by atoms with van der Waals surface area (Å²) in [5.74, 6) is -2.08. The highest BCUT2D eigenvalue weighted by molar-refractivity contribution is 6.06. The zero-order valence-corrected chi connectivity index (χ0v) is 20.0. The second-order valence-corrected chi connectivity index (χ2v) is 8.93. The maximum absolute atomic E-state index is 13.7. The van der Waals surface area contributed by atoms with E-state index in [1.807, 2.05) is 24.3 Å². The number of rotatable bonds is 10. The summed E-state index contributed by atoms with van der Waals surface area (Å²) in [4.78, 5) is 18.8. The molecule has 1 aliphatic carbocycles. The molecule has 0 radical (unpaired) electrons. The molecule has 1 aromatic heterocycles. The SMILES string of the molecule is CCCCO/N=C/c1cc(C(=O)Nc2ccc(F)c(F)c2)c(C2CCCC2)n1Cc1ccccc1. The van der Waals surface area contributed by atoms with E-state index in [4.69, 9.17) is 4.84 Å². The zero-order valence-electron chi connectivity index (χ0n) is 20.0. The number of benzene rings is 2. The summed E-state index contributed by atoms with van der Waals surface area (Å²) in [6, 6.07) is 15.2. The van der Waals surface area contributed by atoms with Crippen molar-refractivity contribution in [2.24, 2.45) is 5.16 Å². The first-order valence-electron chi connectivity index (χ1n) is 12.3. The first-order valence-corrected chi connectivity index (χ1v) is 12.3. The summed E-state index contributed by atoms with van der Waals surface area (Å²) in [5.41, 5.74) is 3.55. The van der Waals surface area contributed by atoms with Gasteiger partial charge in [-0.1, -0.05) is 61.7 Å². The van der Waals surface area contributed by atoms with E-state index in [1.165, 1.54) is 6.07 Å². The molecule has 2 aromatic carbocycles. The van der Waals surface area contributed by atoms with E-state index in [0.29, 0.717) is 18.7 Å². The minimum absolute atomic E-state index is 0.209. The van der Waals surface area contributed by atoms with Gasteiger partial charge in [-0.15, -0.1) is 0 Å². The maximum atomic E-state index is 13.7. The molecule has 0 spiro atoms. The Morgan fingerprint density at radius 1 is 1.11 bits per heavy atom. The molecule has 1 amide bonds. The lowest BCUT2D eigenvalue weighted by Gasteiger charge is -2.18. The third-order valence-corrected chi connectivity index (χ3v) is 6.37. The lowest BCUT2D eigenvalue weighted by atomic mass is 9.99. The van der Waals surface area contributed by atoms with Crippen molar-refractivity contribution >= 4 is 17.8 Å². The molecule has 1 aliphatic rings. The molecule has 7 heteroatoms. The number of aromatic nitrogens is 1. The number of nitrogens with one attached hydrogen (secondary N) is 1. The van der Waals surface area contributed by atoms with Gasteiger partial charge in [0.05, 0.1) is 17.5 Å². The quantitative estimate of drug-likeness (QED) is 0.196. The number of nitrogens with zero attached hydrogens (tertiary/aromatic N) is 2. The van der Waals surface area contributed by atoms with Gasteiger partial charge in [-0.3, -0.25) is 4.79 Å². The van der Waals surface area contributed by atoms with E-state index >= 15 is 0 Å². The van der Waals surface area contributed by atoms with Gasteiger partial charge in [-0.25, -0.2) is 8.78 Å². The van der Waals surface area contributed by atoms with Crippen molar-refractivity contribution in [3.8, 4) is 0 Å². The number of unbranched alkanes of at least 4 members (excludes halogenated alkanes) is 1. The molecule has 0 saturated heterocycles. The highest BCUT2D eigenvalue weighted by Crippen LogP contribution is 2.38. The van der Waals surface area contributed by atoms with Crippen LogP contribution in [0.2, 0.25) is 0 Å². The van der Waals surface area contributed by atoms with Crippen LogP contribution < -0.4 is 5.32 Å². The lowest BCUT2D eigenvalue weighted by molar-refractivity contribution is 0.102. The van der Waals surface area contributed by atoms with Crippen LogP contribution in [0.1, 0.15) is 78.7 Å². The van der Waals surface area contributed by atoms with Crippen molar-refractivity contribution in [1.29, 1.82) is 0 Å². The summed E-state index contributed by atoms with van der Waals surface area (Å²) in [6.07, 6.45) is 7.79. The first kappa shape index (κ1) is 24.6. The fourth-order valence-electron chi connectivity index (χ4n) is 4.58. The van der Waals surface area contributed by atoms with Crippen LogP contribution >= 0.6 is 0 Å². The largest absolute Gasteiger partial charge is 0.396 e. The van der Waals surface area contributed by atoms with E-state index < -0.39 is 11.6 Å². The Balaban J connectivity index is 1.72. The standard InChI is InChI=1S/C28H31F2N3O2/c1-2-3-15-35-31-18-23-17-24(28(34)32-22-13-14-25(29)26(30)16-22)27(21-11-7-8-12-21)33(23)19-20-9-5-4-6-10-20/h4-6,9-10,13-14,16-18,21H,2-3,7-8,11-12,15,19H2,1H3,(H,32,34)/b31-18+. The highest BCUT2D eigenvalue weighted by Gasteiger charge is 2.28. The zero-order chi connectivity index (χ0) is 24.6. The Morgan fingerprint density at radius 2 is 1.89 bits per heavy atom. The summed E-state index contributed by atoms with van der Waals surface area (Å²) in [7, 11) is 0. The summed E-state index contributed by atoms with van der Waals surface area (Å²) in [5, 5.41) is 6.90. The number of carbonyl (C=O) groups is 1. The van der Waals surface area contributed by atoms with Gasteiger partial charge >= 0.3 is 0 Å². The summed E-state index contributed by atoms with van der Waals surface area (Å²) < 4.78 is 29.2. The number of carbonyl (C=O) groups excluding carboxylic acids is 1. The molecular weight excluding hydrogens is 448 g/mol. The topological polar surface area (TPSA) is 55.6 Å². The molecule has 1 saturated carbocycles. The van der Waals surface area contributed by atoms with Crippen LogP contribution in [0, 0.1) is 11.6 Å². The first-order chi connectivity index (χ1) is 17.1. The van der Waals surface area contributed by atoms with Crippen LogP contribution in [0.15, 0.2) is 59.8 Å². The molecule has 0 aliphatic heterocycles. The molecule has 35 heavy (non-hydrogen) atoms. The Kier molecular flexibility index (Phi) is 8.29. The number of halogens is 2. The fraction of sp³-hybridized carbons (Fsp3) is 0.357. The van der Waals surface area contributed by atoms with Gasteiger partial charge in [0.1, 0.15) is 6.61 Å². The van der Waals surface area contributed by atoms with Crippen molar-refractivity contribution < 1.29 is 18.4 Å². The van der Waals surface area contributed by atoms with Crippen LogP contribution in [0.4, 0.5) is 14.5 Å². The second kappa shape index (κ2) is 11.8. The Morgan fingerprint density at radius 3 is 2.60 bits per heavy atom. The fourth-order valence-corrected chi connectivity index (χ4v) is 4.58. The van der Waals surface area contributed by atoms with Crippen LogP contribution in [0.5, 0.6) is 0 Å². The third-order valence-electron chi connectivity index (χ3n) is 6.37. The molecule has 3 aromatic rings. The molecule has 1 heterocycles. The van der Waals surface area contributed by atoms with E-state index in [0.717, 1.165) is 67.6 Å². The maximum Gasteiger partial charge on any atom is 0.257 e. The predicted molar refractivity (Wildman–Crippen MR) is 134 cm³/mol. The molecule has 0 unspecified atom stereocenters. The number of oxime groups is 1. The van der Waals surface area contributed by atoms with E-state index in [2.05, 4.69) is 34.1 Å². The predicted octanol–water partition coefficient (Wildman–Crippen LogP) is 6.88. The van der Waals surface area contributed by atoms with E-state index in [9.17, 15) is 13.6 Å². The van der Waals surface area contributed by atoms with Gasteiger partial charge in [0.15, 0.2) is 11.6 Å². The average Bonchev–Trinajstić information content (AvgIpc) is 3.50. The van der Waals surface area contributed by atoms with Crippen molar-refractivity contribution in [1.82, 2.24) is 4.57 Å². The molecule has 0 atom stereocenters. The monoisotopic (exact) mass is 479 g/mol. The minimum Gasteiger partial charge on any atom is -0.396 e. The van der Waals surface area contributed by atoms with Gasteiger partial charge in [0, 0.05) is 29.9 Å². The Labute approximate surface area is 204 Å². The van der Waals surface area contributed by atoms with E-state index in [-0.39, 0.29) is 17.5 Å². The van der Waals surface area contributed by atoms with Gasteiger partial charge in [0.2, 0.25) is 0 Å². The normalized spacial score (nSPS) is 14.0. The summed E-state index contributed by atoms with van der Waals surface area (Å²) in [6.45, 7) is 3.20. The van der Waals surface area contributed by atoms with Crippen molar-refractivity contribution in [3.05, 3.63) is 88.7 Å². The van der Waals surface area contributed by atoms with Crippen LogP contribution in [-0.4, -0.2) is 23.3 Å². The van der Waals surface area contributed by atoms with Crippen LogP contribution in [0.3, 0.4) is 0 Å². The number of hydrogen-bond donors (Lipinski definition) is 1. The average molecular weight is 480 g/mol. The van der Waals surface area contributed by atoms with Gasteiger partial charge in [-0.05, 0) is 43.0 Å². The van der Waals surface area contributed by atoms with Crippen LogP contribution in [-0.2, 0) is 11.4 Å². The lowest BCUT2D eigenvalue weighted by Crippen LogP contribution is -2.17. The van der Waals surface area contributed by atoms with Crippen molar-refractivity contribution in [2.45, 2.75) is 57.9 Å². The molecular formula is C28H31F2N3O2. The number of anilines is 1. The van der Waals surface area contributed by atoms with Crippen molar-refractivity contribution in [3.63, 3.8) is 0 Å². The molecule has 184 valence electrons. The molecule has 1 N–H and O–H groups in total. The Hall–Kier alpha value is -3.48.